The van der Waals surface area contributed by atoms with Crippen molar-refractivity contribution in [3.63, 3.8) is 0 Å². The number of carbonyl (C=O) groups is 1. The first kappa shape index (κ1) is 11.9. The highest BCUT2D eigenvalue weighted by molar-refractivity contribution is 6.31. The number of ether oxygens (including phenoxy) is 1. The van der Waals surface area contributed by atoms with Crippen LogP contribution in [0.15, 0.2) is 18.2 Å². The molecule has 0 unspecified atom stereocenters. The third-order valence-electron chi connectivity index (χ3n) is 2.28. The quantitative estimate of drug-likeness (QED) is 0.855. The fourth-order valence-electron chi connectivity index (χ4n) is 1.62. The Morgan fingerprint density at radius 3 is 3.00 bits per heavy atom. The first-order valence-electron chi connectivity index (χ1n) is 5.38. The van der Waals surface area contributed by atoms with Crippen LogP contribution in [0.2, 0.25) is 5.02 Å². The number of fused-ring (bicyclic) bond motifs is 1. The van der Waals surface area contributed by atoms with E-state index in [-0.39, 0.29) is 18.5 Å². The molecule has 0 fully saturated rings. The molecule has 0 saturated carbocycles. The number of hydrogen-bond donors (Lipinski definition) is 1. The van der Waals surface area contributed by atoms with Gasteiger partial charge in [-0.3, -0.25) is 9.89 Å². The van der Waals surface area contributed by atoms with E-state index in [1.807, 2.05) is 19.9 Å². The normalized spacial score (nSPS) is 11.1. The van der Waals surface area contributed by atoms with E-state index in [4.69, 9.17) is 16.3 Å². The average Bonchev–Trinajstić information content (AvgIpc) is 2.59. The van der Waals surface area contributed by atoms with Crippen molar-refractivity contribution in [1.82, 2.24) is 10.2 Å². The van der Waals surface area contributed by atoms with E-state index in [9.17, 15) is 4.79 Å². The number of nitrogens with one attached hydrogen (secondary N) is 1. The van der Waals surface area contributed by atoms with Crippen LogP contribution in [0.5, 0.6) is 0 Å². The molecule has 0 radical (unpaired) electrons. The largest absolute Gasteiger partial charge is 0.463 e. The van der Waals surface area contributed by atoms with Crippen molar-refractivity contribution in [1.29, 1.82) is 0 Å². The fraction of sp³-hybridized carbons (Fsp3) is 0.333. The van der Waals surface area contributed by atoms with Crippen LogP contribution < -0.4 is 0 Å². The van der Waals surface area contributed by atoms with Crippen LogP contribution in [0, 0.1) is 0 Å². The molecule has 2 aromatic rings. The van der Waals surface area contributed by atoms with Crippen LogP contribution in [0.25, 0.3) is 10.9 Å². The molecule has 1 heterocycles. The Labute approximate surface area is 104 Å². The molecule has 0 amide bonds. The number of benzene rings is 1. The summed E-state index contributed by atoms with van der Waals surface area (Å²) in [6.45, 7) is 3.64. The lowest BCUT2D eigenvalue weighted by Crippen LogP contribution is -2.13. The van der Waals surface area contributed by atoms with Gasteiger partial charge in [-0.25, -0.2) is 0 Å². The Hall–Kier alpha value is -1.55. The summed E-state index contributed by atoms with van der Waals surface area (Å²) in [7, 11) is 0. The highest BCUT2D eigenvalue weighted by Crippen LogP contribution is 2.20. The molecule has 0 saturated heterocycles. The maximum absolute atomic E-state index is 11.5. The molecule has 0 aliphatic heterocycles. The van der Waals surface area contributed by atoms with Crippen LogP contribution in [0.3, 0.4) is 0 Å². The van der Waals surface area contributed by atoms with Gasteiger partial charge in [0.25, 0.3) is 0 Å². The zero-order chi connectivity index (χ0) is 12.4. The number of H-pyrrole nitrogens is 1. The summed E-state index contributed by atoms with van der Waals surface area (Å²) in [5, 5.41) is 8.45. The number of halogens is 1. The van der Waals surface area contributed by atoms with Gasteiger partial charge in [-0.1, -0.05) is 11.6 Å². The van der Waals surface area contributed by atoms with Crippen LogP contribution in [-0.4, -0.2) is 22.3 Å². The molecule has 17 heavy (non-hydrogen) atoms. The molecule has 0 atom stereocenters. The highest BCUT2D eigenvalue weighted by atomic mass is 35.5. The number of carbonyl (C=O) groups excluding carboxylic acids is 1. The molecule has 90 valence electrons. The van der Waals surface area contributed by atoms with Gasteiger partial charge >= 0.3 is 5.97 Å². The molecule has 0 aliphatic carbocycles. The Morgan fingerprint density at radius 1 is 1.53 bits per heavy atom. The van der Waals surface area contributed by atoms with Gasteiger partial charge in [0.15, 0.2) is 0 Å². The minimum Gasteiger partial charge on any atom is -0.463 e. The van der Waals surface area contributed by atoms with Crippen molar-refractivity contribution in [2.24, 2.45) is 0 Å². The standard InChI is InChI=1S/C12H13ClN2O2/c1-7(2)17-12(16)6-11-9-4-3-8(13)5-10(9)14-15-11/h3-5,7H,6H2,1-2H3,(H,14,15). The van der Waals surface area contributed by atoms with Crippen molar-refractivity contribution in [3.05, 3.63) is 28.9 Å². The van der Waals surface area contributed by atoms with Gasteiger partial charge in [0.2, 0.25) is 0 Å². The van der Waals surface area contributed by atoms with Crippen molar-refractivity contribution in [2.45, 2.75) is 26.4 Å². The first-order valence-corrected chi connectivity index (χ1v) is 5.76. The number of rotatable bonds is 3. The second kappa shape index (κ2) is 4.75. The molecule has 1 aromatic heterocycles. The van der Waals surface area contributed by atoms with Gasteiger partial charge in [-0.05, 0) is 32.0 Å². The molecule has 0 aliphatic rings. The van der Waals surface area contributed by atoms with Gasteiger partial charge < -0.3 is 4.74 Å². The summed E-state index contributed by atoms with van der Waals surface area (Å²) < 4.78 is 5.08. The molecule has 5 heteroatoms. The summed E-state index contributed by atoms with van der Waals surface area (Å²) in [6.07, 6.45) is 0.0854. The number of aromatic amines is 1. The summed E-state index contributed by atoms with van der Waals surface area (Å²) >= 11 is 5.86. The second-order valence-corrected chi connectivity index (χ2v) is 4.52. The van der Waals surface area contributed by atoms with Crippen LogP contribution >= 0.6 is 11.6 Å². The molecule has 4 nitrogen and oxygen atoms in total. The minimum absolute atomic E-state index is 0.105. The molecule has 1 aromatic carbocycles. The van der Waals surface area contributed by atoms with Crippen molar-refractivity contribution in [3.8, 4) is 0 Å². The molecular formula is C12H13ClN2O2. The topological polar surface area (TPSA) is 55.0 Å². The lowest BCUT2D eigenvalue weighted by atomic mass is 10.2. The minimum atomic E-state index is -0.263. The van der Waals surface area contributed by atoms with E-state index in [0.717, 1.165) is 16.6 Å². The number of hydrogen-bond acceptors (Lipinski definition) is 3. The van der Waals surface area contributed by atoms with E-state index in [1.54, 1.807) is 12.1 Å². The van der Waals surface area contributed by atoms with E-state index in [2.05, 4.69) is 10.2 Å². The average molecular weight is 253 g/mol. The van der Waals surface area contributed by atoms with Crippen molar-refractivity contribution >= 4 is 28.5 Å². The summed E-state index contributed by atoms with van der Waals surface area (Å²) in [6, 6.07) is 5.38. The zero-order valence-electron chi connectivity index (χ0n) is 9.66. The van der Waals surface area contributed by atoms with Crippen LogP contribution in [0.1, 0.15) is 19.5 Å². The number of aromatic nitrogens is 2. The van der Waals surface area contributed by atoms with E-state index < -0.39 is 0 Å². The number of nitrogens with zero attached hydrogens (tertiary/aromatic N) is 1. The third-order valence-corrected chi connectivity index (χ3v) is 2.52. The number of esters is 1. The second-order valence-electron chi connectivity index (χ2n) is 4.08. The van der Waals surface area contributed by atoms with Gasteiger partial charge in [0.1, 0.15) is 0 Å². The Balaban J connectivity index is 2.22. The Bertz CT molecular complexity index is 548. The lowest BCUT2D eigenvalue weighted by Gasteiger charge is -2.06. The van der Waals surface area contributed by atoms with Gasteiger partial charge in [0.05, 0.1) is 23.7 Å². The smallest absolute Gasteiger partial charge is 0.312 e. The highest BCUT2D eigenvalue weighted by Gasteiger charge is 2.12. The van der Waals surface area contributed by atoms with E-state index in [0.29, 0.717) is 5.02 Å². The maximum Gasteiger partial charge on any atom is 0.312 e. The first-order chi connectivity index (χ1) is 8.06. The van der Waals surface area contributed by atoms with Crippen LogP contribution in [0.4, 0.5) is 0 Å². The Kier molecular flexibility index (Phi) is 3.33. The van der Waals surface area contributed by atoms with Crippen molar-refractivity contribution in [2.75, 3.05) is 0 Å². The Morgan fingerprint density at radius 2 is 2.29 bits per heavy atom. The van der Waals surface area contributed by atoms with Gasteiger partial charge in [-0.2, -0.15) is 5.10 Å². The predicted molar refractivity (Wildman–Crippen MR) is 66.0 cm³/mol. The maximum atomic E-state index is 11.5. The van der Waals surface area contributed by atoms with Gasteiger partial charge in [0, 0.05) is 10.4 Å². The molecule has 0 bridgehead atoms. The fourth-order valence-corrected chi connectivity index (χ4v) is 1.79. The lowest BCUT2D eigenvalue weighted by molar-refractivity contribution is -0.146. The van der Waals surface area contributed by atoms with E-state index in [1.165, 1.54) is 0 Å². The molecular weight excluding hydrogens is 240 g/mol. The zero-order valence-corrected chi connectivity index (χ0v) is 10.4. The predicted octanol–water partition coefficient (Wildman–Crippen LogP) is 2.71. The van der Waals surface area contributed by atoms with Crippen LogP contribution in [-0.2, 0) is 16.0 Å². The monoisotopic (exact) mass is 252 g/mol. The van der Waals surface area contributed by atoms with Gasteiger partial charge in [-0.15, -0.1) is 0 Å². The van der Waals surface area contributed by atoms with Crippen molar-refractivity contribution < 1.29 is 9.53 Å². The molecule has 1 N–H and O–H groups in total. The third kappa shape index (κ3) is 2.77. The summed E-state index contributed by atoms with van der Waals surface area (Å²) in [4.78, 5) is 11.5. The SMILES string of the molecule is CC(C)OC(=O)Cc1[nH]nc2cc(Cl)ccc12. The summed E-state index contributed by atoms with van der Waals surface area (Å²) in [5.74, 6) is -0.263. The van der Waals surface area contributed by atoms with E-state index >= 15 is 0 Å². The molecule has 2 rings (SSSR count). The molecule has 0 spiro atoms. The summed E-state index contributed by atoms with van der Waals surface area (Å²) in [5.41, 5.74) is 1.51.